The van der Waals surface area contributed by atoms with Crippen molar-refractivity contribution in [3.63, 3.8) is 0 Å². The van der Waals surface area contributed by atoms with E-state index in [0.717, 1.165) is 19.3 Å². The Morgan fingerprint density at radius 2 is 2.00 bits per heavy atom. The smallest absolute Gasteiger partial charge is 0.410 e. The van der Waals surface area contributed by atoms with Crippen LogP contribution in [0.2, 0.25) is 0 Å². The third kappa shape index (κ3) is 4.94. The highest BCUT2D eigenvalue weighted by Crippen LogP contribution is 2.23. The SMILES string of the molecule is CC(C)(C)OC(=O)N1CCCCC1CCC(N)=O. The number of hydrogen-bond acceptors (Lipinski definition) is 3. The normalized spacial score (nSPS) is 20.6. The van der Waals surface area contributed by atoms with Crippen LogP contribution in [0.1, 0.15) is 52.9 Å². The van der Waals surface area contributed by atoms with Crippen molar-refractivity contribution in [2.75, 3.05) is 6.54 Å². The maximum Gasteiger partial charge on any atom is 0.410 e. The molecule has 1 atom stereocenters. The van der Waals surface area contributed by atoms with E-state index < -0.39 is 5.60 Å². The molecule has 0 spiro atoms. The fourth-order valence-corrected chi connectivity index (χ4v) is 2.17. The van der Waals surface area contributed by atoms with Crippen LogP contribution in [0.15, 0.2) is 0 Å². The van der Waals surface area contributed by atoms with Gasteiger partial charge in [0.1, 0.15) is 5.60 Å². The zero-order valence-corrected chi connectivity index (χ0v) is 11.6. The molecule has 1 fully saturated rings. The summed E-state index contributed by atoms with van der Waals surface area (Å²) in [6, 6.07) is 0.0844. The fourth-order valence-electron chi connectivity index (χ4n) is 2.17. The Kier molecular flexibility index (Phi) is 4.99. The first kappa shape index (κ1) is 14.8. The first-order valence-corrected chi connectivity index (χ1v) is 6.57. The lowest BCUT2D eigenvalue weighted by Gasteiger charge is -2.36. The summed E-state index contributed by atoms with van der Waals surface area (Å²) in [5, 5.41) is 0. The molecule has 0 radical (unpaired) electrons. The molecule has 1 heterocycles. The van der Waals surface area contributed by atoms with Gasteiger partial charge in [0.05, 0.1) is 0 Å². The van der Waals surface area contributed by atoms with Gasteiger partial charge in [-0.2, -0.15) is 0 Å². The minimum Gasteiger partial charge on any atom is -0.444 e. The largest absolute Gasteiger partial charge is 0.444 e. The molecular formula is C13H24N2O3. The highest BCUT2D eigenvalue weighted by atomic mass is 16.6. The number of rotatable bonds is 3. The summed E-state index contributed by atoms with van der Waals surface area (Å²) in [6.45, 7) is 6.27. The van der Waals surface area contributed by atoms with Crippen LogP contribution in [0.5, 0.6) is 0 Å². The predicted octanol–water partition coefficient (Wildman–Crippen LogP) is 2.04. The molecule has 0 bridgehead atoms. The second kappa shape index (κ2) is 6.07. The Hall–Kier alpha value is -1.26. The van der Waals surface area contributed by atoms with Gasteiger partial charge in [-0.3, -0.25) is 4.79 Å². The number of nitrogens with zero attached hydrogens (tertiary/aromatic N) is 1. The molecule has 0 aromatic heterocycles. The van der Waals surface area contributed by atoms with Gasteiger partial charge in [0, 0.05) is 19.0 Å². The lowest BCUT2D eigenvalue weighted by molar-refractivity contribution is -0.118. The predicted molar refractivity (Wildman–Crippen MR) is 69.0 cm³/mol. The number of carbonyl (C=O) groups is 2. The molecule has 0 aromatic rings. The van der Waals surface area contributed by atoms with E-state index in [1.54, 1.807) is 4.90 Å². The monoisotopic (exact) mass is 256 g/mol. The summed E-state index contributed by atoms with van der Waals surface area (Å²) >= 11 is 0. The zero-order valence-electron chi connectivity index (χ0n) is 11.6. The molecule has 1 aliphatic heterocycles. The summed E-state index contributed by atoms with van der Waals surface area (Å²) < 4.78 is 5.39. The molecule has 18 heavy (non-hydrogen) atoms. The Morgan fingerprint density at radius 1 is 1.33 bits per heavy atom. The van der Waals surface area contributed by atoms with Crippen molar-refractivity contribution in [2.24, 2.45) is 5.73 Å². The van der Waals surface area contributed by atoms with Crippen molar-refractivity contribution in [1.82, 2.24) is 4.90 Å². The molecule has 0 saturated carbocycles. The Bertz CT molecular complexity index is 310. The number of ether oxygens (including phenoxy) is 1. The van der Waals surface area contributed by atoms with E-state index in [1.807, 2.05) is 20.8 Å². The maximum atomic E-state index is 12.1. The summed E-state index contributed by atoms with van der Waals surface area (Å²) in [5.41, 5.74) is 4.68. The van der Waals surface area contributed by atoms with E-state index in [-0.39, 0.29) is 18.0 Å². The van der Waals surface area contributed by atoms with Gasteiger partial charge < -0.3 is 15.4 Å². The van der Waals surface area contributed by atoms with Crippen LogP contribution in [0.3, 0.4) is 0 Å². The standard InChI is InChI=1S/C13H24N2O3/c1-13(2,3)18-12(17)15-9-5-4-6-10(15)7-8-11(14)16/h10H,4-9H2,1-3H3,(H2,14,16). The van der Waals surface area contributed by atoms with Gasteiger partial charge >= 0.3 is 6.09 Å². The molecule has 104 valence electrons. The third-order valence-corrected chi connectivity index (χ3v) is 2.98. The summed E-state index contributed by atoms with van der Waals surface area (Å²) in [5.74, 6) is -0.315. The van der Waals surface area contributed by atoms with Gasteiger partial charge in [0.25, 0.3) is 0 Å². The molecule has 2 N–H and O–H groups in total. The van der Waals surface area contributed by atoms with Crippen molar-refractivity contribution in [3.05, 3.63) is 0 Å². The van der Waals surface area contributed by atoms with Crippen LogP contribution in [-0.2, 0) is 9.53 Å². The van der Waals surface area contributed by atoms with Crippen molar-refractivity contribution in [2.45, 2.75) is 64.5 Å². The van der Waals surface area contributed by atoms with Crippen LogP contribution in [0.25, 0.3) is 0 Å². The van der Waals surface area contributed by atoms with Crippen LogP contribution >= 0.6 is 0 Å². The first-order chi connectivity index (χ1) is 8.29. The van der Waals surface area contributed by atoms with E-state index in [0.29, 0.717) is 19.4 Å². The van der Waals surface area contributed by atoms with Gasteiger partial charge in [-0.05, 0) is 46.5 Å². The van der Waals surface area contributed by atoms with E-state index in [4.69, 9.17) is 10.5 Å². The molecule has 5 heteroatoms. The number of piperidine rings is 1. The first-order valence-electron chi connectivity index (χ1n) is 6.57. The quantitative estimate of drug-likeness (QED) is 0.839. The average molecular weight is 256 g/mol. The molecule has 0 aliphatic carbocycles. The van der Waals surface area contributed by atoms with Crippen LogP contribution in [0.4, 0.5) is 4.79 Å². The zero-order chi connectivity index (χ0) is 13.8. The summed E-state index contributed by atoms with van der Waals surface area (Å²) in [6.07, 6.45) is 3.68. The van der Waals surface area contributed by atoms with Crippen LogP contribution in [0, 0.1) is 0 Å². The van der Waals surface area contributed by atoms with E-state index >= 15 is 0 Å². The van der Waals surface area contributed by atoms with Gasteiger partial charge in [-0.15, -0.1) is 0 Å². The second-order valence-corrected chi connectivity index (χ2v) is 5.83. The molecule has 0 aromatic carbocycles. The number of hydrogen-bond donors (Lipinski definition) is 1. The van der Waals surface area contributed by atoms with Gasteiger partial charge in [-0.1, -0.05) is 0 Å². The fraction of sp³-hybridized carbons (Fsp3) is 0.846. The minimum atomic E-state index is -0.483. The second-order valence-electron chi connectivity index (χ2n) is 5.83. The Balaban J connectivity index is 2.58. The molecule has 1 saturated heterocycles. The van der Waals surface area contributed by atoms with Crippen molar-refractivity contribution < 1.29 is 14.3 Å². The van der Waals surface area contributed by atoms with Crippen LogP contribution in [-0.4, -0.2) is 35.1 Å². The number of likely N-dealkylation sites (tertiary alicyclic amines) is 1. The average Bonchev–Trinajstić information content (AvgIpc) is 2.24. The summed E-state index contributed by atoms with van der Waals surface area (Å²) in [7, 11) is 0. The van der Waals surface area contributed by atoms with Crippen LogP contribution < -0.4 is 5.73 Å². The molecular weight excluding hydrogens is 232 g/mol. The topological polar surface area (TPSA) is 72.6 Å². The molecule has 1 aliphatic rings. The number of primary amides is 1. The molecule has 1 rings (SSSR count). The molecule has 5 nitrogen and oxygen atoms in total. The van der Waals surface area contributed by atoms with Gasteiger partial charge in [-0.25, -0.2) is 4.79 Å². The van der Waals surface area contributed by atoms with Gasteiger partial charge in [0.15, 0.2) is 0 Å². The Morgan fingerprint density at radius 3 is 2.56 bits per heavy atom. The number of amides is 2. The van der Waals surface area contributed by atoms with Crippen molar-refractivity contribution in [1.29, 1.82) is 0 Å². The van der Waals surface area contributed by atoms with E-state index in [9.17, 15) is 9.59 Å². The third-order valence-electron chi connectivity index (χ3n) is 2.98. The molecule has 2 amide bonds. The van der Waals surface area contributed by atoms with Gasteiger partial charge in [0.2, 0.25) is 5.91 Å². The van der Waals surface area contributed by atoms with Crippen molar-refractivity contribution in [3.8, 4) is 0 Å². The highest BCUT2D eigenvalue weighted by molar-refractivity contribution is 5.74. The Labute approximate surface area is 109 Å². The minimum absolute atomic E-state index is 0.0844. The number of nitrogens with two attached hydrogens (primary N) is 1. The number of carbonyl (C=O) groups excluding carboxylic acids is 2. The summed E-state index contributed by atoms with van der Waals surface area (Å²) in [4.78, 5) is 24.6. The lowest BCUT2D eigenvalue weighted by atomic mass is 9.98. The van der Waals surface area contributed by atoms with E-state index in [2.05, 4.69) is 0 Å². The van der Waals surface area contributed by atoms with E-state index in [1.165, 1.54) is 0 Å². The van der Waals surface area contributed by atoms with Crippen molar-refractivity contribution >= 4 is 12.0 Å². The lowest BCUT2D eigenvalue weighted by Crippen LogP contribution is -2.46. The molecule has 1 unspecified atom stereocenters. The highest BCUT2D eigenvalue weighted by Gasteiger charge is 2.30. The maximum absolute atomic E-state index is 12.1.